The third kappa shape index (κ3) is 3.66. The Labute approximate surface area is 193 Å². The van der Waals surface area contributed by atoms with Crippen molar-refractivity contribution in [1.82, 2.24) is 15.0 Å². The van der Waals surface area contributed by atoms with Crippen molar-refractivity contribution < 1.29 is 19.1 Å². The number of fused-ring (bicyclic) bond motifs is 3. The van der Waals surface area contributed by atoms with Crippen LogP contribution in [0.25, 0.3) is 21.8 Å². The molecule has 1 amide bonds. The zero-order valence-corrected chi connectivity index (χ0v) is 18.0. The Kier molecular flexibility index (Phi) is 4.80. The number of ether oxygens (including phenoxy) is 2. The predicted octanol–water partition coefficient (Wildman–Crippen LogP) is 4.07. The Hall–Kier alpha value is -4.53. The maximum absolute atomic E-state index is 12.9. The number of H-pyrrole nitrogens is 1. The number of allylic oxidation sites excluding steroid dienone is 1. The number of aliphatic imine (C=N–C) groups is 1. The van der Waals surface area contributed by atoms with Crippen LogP contribution in [0.4, 0.5) is 5.95 Å². The van der Waals surface area contributed by atoms with Gasteiger partial charge in [-0.3, -0.25) is 24.9 Å². The molecule has 0 aliphatic carbocycles. The van der Waals surface area contributed by atoms with Crippen molar-refractivity contribution in [3.05, 3.63) is 66.1 Å². The molecular formula is C25H19N5O4. The number of hydrogen-bond donors (Lipinski definition) is 2. The average molecular weight is 453 g/mol. The highest BCUT2D eigenvalue weighted by atomic mass is 16.6. The van der Waals surface area contributed by atoms with Crippen molar-refractivity contribution in [2.45, 2.75) is 12.8 Å². The minimum atomic E-state index is -0.421. The SMILES string of the molecule is O=C(Nc1nc2c(C(=O)CC3=NC=CC3)cccc2[nH]1)c1cc2cc3c(cc2cn1)OCCO3. The molecule has 2 aliphatic rings. The highest BCUT2D eigenvalue weighted by Gasteiger charge is 2.19. The number of nitrogens with zero attached hydrogens (tertiary/aromatic N) is 3. The lowest BCUT2D eigenvalue weighted by atomic mass is 10.0. The summed E-state index contributed by atoms with van der Waals surface area (Å²) < 4.78 is 11.2. The number of benzene rings is 2. The van der Waals surface area contributed by atoms with Crippen LogP contribution in [0, 0.1) is 0 Å². The minimum absolute atomic E-state index is 0.0665. The largest absolute Gasteiger partial charge is 0.486 e. The number of pyridine rings is 1. The Morgan fingerprint density at radius 1 is 1.06 bits per heavy atom. The van der Waals surface area contributed by atoms with Crippen molar-refractivity contribution in [3.8, 4) is 11.5 Å². The zero-order valence-electron chi connectivity index (χ0n) is 18.0. The maximum atomic E-state index is 12.9. The number of rotatable bonds is 5. The summed E-state index contributed by atoms with van der Waals surface area (Å²) in [5.41, 5.74) is 2.70. The van der Waals surface area contributed by atoms with Crippen molar-refractivity contribution in [1.29, 1.82) is 0 Å². The van der Waals surface area contributed by atoms with Gasteiger partial charge in [-0.15, -0.1) is 0 Å². The number of aromatic amines is 1. The molecule has 4 heterocycles. The van der Waals surface area contributed by atoms with E-state index in [0.717, 1.165) is 16.5 Å². The summed E-state index contributed by atoms with van der Waals surface area (Å²) in [5, 5.41) is 4.40. The van der Waals surface area contributed by atoms with E-state index >= 15 is 0 Å². The molecule has 4 aromatic rings. The summed E-state index contributed by atoms with van der Waals surface area (Å²) in [6.45, 7) is 0.988. The van der Waals surface area contributed by atoms with Gasteiger partial charge in [-0.2, -0.15) is 0 Å². The fourth-order valence-electron chi connectivity index (χ4n) is 4.09. The molecule has 0 unspecified atom stereocenters. The van der Waals surface area contributed by atoms with E-state index in [1.54, 1.807) is 30.6 Å². The van der Waals surface area contributed by atoms with Crippen molar-refractivity contribution in [2.24, 2.45) is 4.99 Å². The smallest absolute Gasteiger partial charge is 0.276 e. The molecule has 6 rings (SSSR count). The lowest BCUT2D eigenvalue weighted by Gasteiger charge is -2.18. The van der Waals surface area contributed by atoms with Gasteiger partial charge in [-0.1, -0.05) is 12.1 Å². The predicted molar refractivity (Wildman–Crippen MR) is 127 cm³/mol. The first-order valence-corrected chi connectivity index (χ1v) is 10.9. The number of imidazole rings is 1. The molecular weight excluding hydrogens is 434 g/mol. The second-order valence-electron chi connectivity index (χ2n) is 8.04. The number of carbonyl (C=O) groups is 2. The number of hydrogen-bond acceptors (Lipinski definition) is 7. The van der Waals surface area contributed by atoms with E-state index in [2.05, 4.69) is 25.3 Å². The van der Waals surface area contributed by atoms with Crippen LogP contribution >= 0.6 is 0 Å². The van der Waals surface area contributed by atoms with Gasteiger partial charge >= 0.3 is 0 Å². The molecule has 0 bridgehead atoms. The molecule has 2 aromatic carbocycles. The van der Waals surface area contributed by atoms with Gasteiger partial charge in [-0.25, -0.2) is 4.98 Å². The molecule has 0 saturated carbocycles. The fraction of sp³-hybridized carbons (Fsp3) is 0.160. The quantitative estimate of drug-likeness (QED) is 0.440. The normalized spacial score (nSPS) is 14.4. The number of aromatic nitrogens is 3. The molecule has 0 fully saturated rings. The van der Waals surface area contributed by atoms with Crippen LogP contribution in [0.15, 0.2) is 59.9 Å². The fourth-order valence-corrected chi connectivity index (χ4v) is 4.09. The number of nitrogens with one attached hydrogen (secondary N) is 2. The molecule has 0 spiro atoms. The number of ketones is 1. The van der Waals surface area contributed by atoms with Crippen LogP contribution in [0.2, 0.25) is 0 Å². The average Bonchev–Trinajstić information content (AvgIpc) is 3.51. The van der Waals surface area contributed by atoms with Gasteiger partial charge in [0.25, 0.3) is 5.91 Å². The Morgan fingerprint density at radius 2 is 1.88 bits per heavy atom. The van der Waals surface area contributed by atoms with Gasteiger partial charge in [-0.05, 0) is 35.7 Å². The zero-order chi connectivity index (χ0) is 23.1. The Balaban J connectivity index is 1.25. The summed E-state index contributed by atoms with van der Waals surface area (Å²) >= 11 is 0. The topological polar surface area (TPSA) is 119 Å². The molecule has 0 saturated heterocycles. The summed E-state index contributed by atoms with van der Waals surface area (Å²) in [6, 6.07) is 10.7. The van der Waals surface area contributed by atoms with Gasteiger partial charge in [0.1, 0.15) is 24.4 Å². The van der Waals surface area contributed by atoms with E-state index in [0.29, 0.717) is 47.7 Å². The number of amides is 1. The van der Waals surface area contributed by atoms with Crippen LogP contribution < -0.4 is 14.8 Å². The Morgan fingerprint density at radius 3 is 2.68 bits per heavy atom. The molecule has 2 aliphatic heterocycles. The standard InChI is InChI=1S/C25H19N5O4/c31-20(12-16-3-2-6-26-16)17-4-1-5-18-23(17)29-25(28-18)30-24(32)19-9-14-10-21-22(34-8-7-33-21)11-15(14)13-27-19/h1-2,4-6,9-11,13H,3,7-8,12H2,(H2,28,29,30,32). The van der Waals surface area contributed by atoms with Crippen molar-refractivity contribution in [3.63, 3.8) is 0 Å². The van der Waals surface area contributed by atoms with E-state index in [1.807, 2.05) is 24.3 Å². The molecule has 9 nitrogen and oxygen atoms in total. The molecule has 0 radical (unpaired) electrons. The van der Waals surface area contributed by atoms with Gasteiger partial charge < -0.3 is 14.5 Å². The number of anilines is 1. The minimum Gasteiger partial charge on any atom is -0.486 e. The van der Waals surface area contributed by atoms with Crippen LogP contribution in [0.3, 0.4) is 0 Å². The summed E-state index contributed by atoms with van der Waals surface area (Å²) in [7, 11) is 0. The van der Waals surface area contributed by atoms with Crippen LogP contribution in [-0.2, 0) is 0 Å². The molecule has 0 atom stereocenters. The van der Waals surface area contributed by atoms with E-state index in [-0.39, 0.29) is 23.8 Å². The third-order valence-corrected chi connectivity index (χ3v) is 5.74. The van der Waals surface area contributed by atoms with E-state index < -0.39 is 5.91 Å². The first-order chi connectivity index (χ1) is 16.6. The van der Waals surface area contributed by atoms with Crippen LogP contribution in [-0.4, -0.2) is 45.6 Å². The highest BCUT2D eigenvalue weighted by molar-refractivity contribution is 6.15. The van der Waals surface area contributed by atoms with Crippen LogP contribution in [0.1, 0.15) is 33.7 Å². The van der Waals surface area contributed by atoms with Gasteiger partial charge in [0.15, 0.2) is 17.3 Å². The second kappa shape index (κ2) is 8.11. The van der Waals surface area contributed by atoms with E-state index in [1.165, 1.54) is 0 Å². The maximum Gasteiger partial charge on any atom is 0.276 e. The summed E-state index contributed by atoms with van der Waals surface area (Å²) in [4.78, 5) is 41.7. The molecule has 34 heavy (non-hydrogen) atoms. The lowest BCUT2D eigenvalue weighted by Crippen LogP contribution is -2.16. The molecule has 168 valence electrons. The van der Waals surface area contributed by atoms with E-state index in [9.17, 15) is 9.59 Å². The summed E-state index contributed by atoms with van der Waals surface area (Å²) in [5.74, 6) is 1.06. The number of para-hydroxylation sites is 1. The lowest BCUT2D eigenvalue weighted by molar-refractivity contribution is 0.0998. The van der Waals surface area contributed by atoms with Gasteiger partial charge in [0, 0.05) is 41.9 Å². The van der Waals surface area contributed by atoms with E-state index in [4.69, 9.17) is 9.47 Å². The highest BCUT2D eigenvalue weighted by Crippen LogP contribution is 2.34. The number of Topliss-reactive ketones (excluding diaryl/α,β-unsaturated/α-hetero) is 1. The van der Waals surface area contributed by atoms with Gasteiger partial charge in [0.2, 0.25) is 5.95 Å². The van der Waals surface area contributed by atoms with Crippen molar-refractivity contribution in [2.75, 3.05) is 18.5 Å². The van der Waals surface area contributed by atoms with Crippen molar-refractivity contribution >= 4 is 45.2 Å². The van der Waals surface area contributed by atoms with Crippen LogP contribution in [0.5, 0.6) is 11.5 Å². The summed E-state index contributed by atoms with van der Waals surface area (Å²) in [6.07, 6.45) is 6.17. The van der Waals surface area contributed by atoms with Gasteiger partial charge in [0.05, 0.1) is 5.52 Å². The molecule has 2 N–H and O–H groups in total. The second-order valence-corrected chi connectivity index (χ2v) is 8.04. The first-order valence-electron chi connectivity index (χ1n) is 10.9. The number of carbonyl (C=O) groups excluding carboxylic acids is 2. The monoisotopic (exact) mass is 453 g/mol. The molecule has 2 aromatic heterocycles. The third-order valence-electron chi connectivity index (χ3n) is 5.74. The molecule has 9 heteroatoms. The Bertz CT molecular complexity index is 1540. The first kappa shape index (κ1) is 20.1.